The molecular formula is C13H11N3O2S. The molecule has 5 nitrogen and oxygen atoms in total. The minimum absolute atomic E-state index is 0.0370. The molecule has 0 unspecified atom stereocenters. The van der Waals surface area contributed by atoms with Crippen molar-refractivity contribution in [3.05, 3.63) is 35.6 Å². The second kappa shape index (κ2) is 4.91. The predicted octanol–water partition coefficient (Wildman–Crippen LogP) is 1.96. The van der Waals surface area contributed by atoms with Crippen molar-refractivity contribution in [3.63, 3.8) is 0 Å². The van der Waals surface area contributed by atoms with E-state index in [1.54, 1.807) is 29.3 Å². The van der Waals surface area contributed by atoms with Crippen LogP contribution >= 0.6 is 11.3 Å². The average molecular weight is 273 g/mol. The van der Waals surface area contributed by atoms with Crippen molar-refractivity contribution in [1.82, 2.24) is 14.8 Å². The number of aldehydes is 1. The van der Waals surface area contributed by atoms with E-state index in [2.05, 4.69) is 10.1 Å². The van der Waals surface area contributed by atoms with Gasteiger partial charge in [-0.1, -0.05) is 0 Å². The van der Waals surface area contributed by atoms with Gasteiger partial charge in [-0.15, -0.1) is 11.3 Å². The van der Waals surface area contributed by atoms with Gasteiger partial charge >= 0.3 is 0 Å². The SMILES string of the molecule is O=Cc1ccc(-c2cncc3c2cnn3CCO)s1. The molecule has 0 aliphatic heterocycles. The molecular weight excluding hydrogens is 262 g/mol. The Kier molecular flexibility index (Phi) is 3.10. The summed E-state index contributed by atoms with van der Waals surface area (Å²) in [7, 11) is 0. The zero-order valence-electron chi connectivity index (χ0n) is 9.98. The molecule has 3 aromatic rings. The maximum absolute atomic E-state index is 10.8. The van der Waals surface area contributed by atoms with Crippen LogP contribution in [0.1, 0.15) is 9.67 Å². The summed E-state index contributed by atoms with van der Waals surface area (Å²) in [6, 6.07) is 3.71. The van der Waals surface area contributed by atoms with Gasteiger partial charge in [-0.2, -0.15) is 5.10 Å². The van der Waals surface area contributed by atoms with Crippen LogP contribution in [0.3, 0.4) is 0 Å². The highest BCUT2D eigenvalue weighted by molar-refractivity contribution is 7.17. The van der Waals surface area contributed by atoms with E-state index in [1.807, 2.05) is 6.07 Å². The monoisotopic (exact) mass is 273 g/mol. The van der Waals surface area contributed by atoms with Crippen molar-refractivity contribution >= 4 is 28.5 Å². The summed E-state index contributed by atoms with van der Waals surface area (Å²) in [4.78, 5) is 16.6. The summed E-state index contributed by atoms with van der Waals surface area (Å²) in [5, 5.41) is 14.2. The fourth-order valence-electron chi connectivity index (χ4n) is 2.02. The van der Waals surface area contributed by atoms with Gasteiger partial charge < -0.3 is 5.11 Å². The highest BCUT2D eigenvalue weighted by atomic mass is 32.1. The first-order chi connectivity index (χ1) is 9.33. The number of aliphatic hydroxyl groups excluding tert-OH is 1. The molecule has 0 fully saturated rings. The van der Waals surface area contributed by atoms with Crippen LogP contribution in [0, 0.1) is 0 Å². The third-order valence-electron chi connectivity index (χ3n) is 2.89. The number of aliphatic hydroxyl groups is 1. The number of hydrogen-bond donors (Lipinski definition) is 1. The first-order valence-electron chi connectivity index (χ1n) is 5.79. The van der Waals surface area contributed by atoms with E-state index in [0.29, 0.717) is 11.4 Å². The first kappa shape index (κ1) is 12.0. The zero-order valence-corrected chi connectivity index (χ0v) is 10.8. The van der Waals surface area contributed by atoms with Gasteiger partial charge in [-0.05, 0) is 12.1 Å². The van der Waals surface area contributed by atoms with Crippen molar-refractivity contribution < 1.29 is 9.90 Å². The van der Waals surface area contributed by atoms with Crippen molar-refractivity contribution in [2.75, 3.05) is 6.61 Å². The van der Waals surface area contributed by atoms with Crippen LogP contribution in [0.25, 0.3) is 21.3 Å². The Morgan fingerprint density at radius 1 is 1.32 bits per heavy atom. The summed E-state index contributed by atoms with van der Waals surface area (Å²) in [5.74, 6) is 0. The van der Waals surface area contributed by atoms with Crippen LogP contribution < -0.4 is 0 Å². The van der Waals surface area contributed by atoms with Crippen LogP contribution in [0.4, 0.5) is 0 Å². The molecule has 1 N–H and O–H groups in total. The largest absolute Gasteiger partial charge is 0.394 e. The number of carbonyl (C=O) groups excluding carboxylic acids is 1. The van der Waals surface area contributed by atoms with E-state index < -0.39 is 0 Å². The first-order valence-corrected chi connectivity index (χ1v) is 6.61. The summed E-state index contributed by atoms with van der Waals surface area (Å²) < 4.78 is 1.72. The Labute approximate surface area is 113 Å². The lowest BCUT2D eigenvalue weighted by molar-refractivity contribution is 0.112. The second-order valence-electron chi connectivity index (χ2n) is 4.03. The Morgan fingerprint density at radius 3 is 2.95 bits per heavy atom. The Balaban J connectivity index is 2.16. The van der Waals surface area contributed by atoms with Gasteiger partial charge in [0.15, 0.2) is 6.29 Å². The van der Waals surface area contributed by atoms with Gasteiger partial charge in [-0.3, -0.25) is 14.5 Å². The van der Waals surface area contributed by atoms with Crippen LogP contribution in [0.2, 0.25) is 0 Å². The number of nitrogens with zero attached hydrogens (tertiary/aromatic N) is 3. The molecule has 3 rings (SSSR count). The van der Waals surface area contributed by atoms with Gasteiger partial charge in [0.2, 0.25) is 0 Å². The maximum atomic E-state index is 10.8. The molecule has 3 heterocycles. The molecule has 0 radical (unpaired) electrons. The molecule has 19 heavy (non-hydrogen) atoms. The molecule has 0 aliphatic rings. The maximum Gasteiger partial charge on any atom is 0.160 e. The van der Waals surface area contributed by atoms with Crippen LogP contribution in [0.5, 0.6) is 0 Å². The highest BCUT2D eigenvalue weighted by Crippen LogP contribution is 2.32. The number of aromatic nitrogens is 3. The number of rotatable bonds is 4. The van der Waals surface area contributed by atoms with Crippen LogP contribution in [-0.2, 0) is 6.54 Å². The zero-order chi connectivity index (χ0) is 13.2. The fraction of sp³-hybridized carbons (Fsp3) is 0.154. The lowest BCUT2D eigenvalue weighted by Gasteiger charge is -2.02. The number of fused-ring (bicyclic) bond motifs is 1. The van der Waals surface area contributed by atoms with Crippen molar-refractivity contribution in [3.8, 4) is 10.4 Å². The van der Waals surface area contributed by atoms with E-state index in [-0.39, 0.29) is 6.61 Å². The Hall–Kier alpha value is -2.05. The molecule has 0 spiro atoms. The van der Waals surface area contributed by atoms with Gasteiger partial charge in [0.1, 0.15) is 0 Å². The average Bonchev–Trinajstić information content (AvgIpc) is 3.06. The lowest BCUT2D eigenvalue weighted by atomic mass is 10.1. The van der Waals surface area contributed by atoms with Crippen LogP contribution in [-0.4, -0.2) is 32.8 Å². The van der Waals surface area contributed by atoms with Crippen molar-refractivity contribution in [2.45, 2.75) is 6.54 Å². The van der Waals surface area contributed by atoms with Crippen LogP contribution in [0.15, 0.2) is 30.7 Å². The molecule has 0 saturated carbocycles. The normalized spacial score (nSPS) is 11.0. The van der Waals surface area contributed by atoms with Gasteiger partial charge in [-0.25, -0.2) is 0 Å². The fourth-order valence-corrected chi connectivity index (χ4v) is 2.87. The third kappa shape index (κ3) is 2.05. The summed E-state index contributed by atoms with van der Waals surface area (Å²) >= 11 is 1.43. The third-order valence-corrected chi connectivity index (χ3v) is 3.93. The summed E-state index contributed by atoms with van der Waals surface area (Å²) in [6.45, 7) is 0.480. The minimum atomic E-state index is 0.0370. The van der Waals surface area contributed by atoms with Crippen molar-refractivity contribution in [2.24, 2.45) is 0 Å². The molecule has 0 bridgehead atoms. The molecule has 0 amide bonds. The van der Waals surface area contributed by atoms with E-state index in [4.69, 9.17) is 5.11 Å². The standard InChI is InChI=1S/C13H11N3O2S/c17-4-3-16-12-7-14-5-11(10(12)6-15-16)13-2-1-9(8-18)19-13/h1-2,5-8,17H,3-4H2. The molecule has 3 aromatic heterocycles. The van der Waals surface area contributed by atoms with E-state index in [9.17, 15) is 4.79 Å². The number of pyridine rings is 1. The van der Waals surface area contributed by atoms with E-state index >= 15 is 0 Å². The van der Waals surface area contributed by atoms with Gasteiger partial charge in [0, 0.05) is 22.0 Å². The molecule has 6 heteroatoms. The summed E-state index contributed by atoms with van der Waals surface area (Å²) in [6.07, 6.45) is 6.11. The highest BCUT2D eigenvalue weighted by Gasteiger charge is 2.11. The molecule has 0 aromatic carbocycles. The number of thiophene rings is 1. The molecule has 0 saturated heterocycles. The number of hydrogen-bond acceptors (Lipinski definition) is 5. The molecule has 0 aliphatic carbocycles. The molecule has 0 atom stereocenters. The Bertz CT molecular complexity index is 732. The number of carbonyl (C=O) groups is 1. The Morgan fingerprint density at radius 2 is 2.21 bits per heavy atom. The molecule has 96 valence electrons. The topological polar surface area (TPSA) is 68.0 Å². The van der Waals surface area contributed by atoms with Gasteiger partial charge in [0.25, 0.3) is 0 Å². The van der Waals surface area contributed by atoms with Gasteiger partial charge in [0.05, 0.1) is 35.9 Å². The van der Waals surface area contributed by atoms with E-state index in [0.717, 1.165) is 27.6 Å². The van der Waals surface area contributed by atoms with Crippen molar-refractivity contribution in [1.29, 1.82) is 0 Å². The minimum Gasteiger partial charge on any atom is -0.394 e. The smallest absolute Gasteiger partial charge is 0.160 e. The lowest BCUT2D eigenvalue weighted by Crippen LogP contribution is -2.03. The predicted molar refractivity (Wildman–Crippen MR) is 73.3 cm³/mol. The van der Waals surface area contributed by atoms with E-state index in [1.165, 1.54) is 11.3 Å². The quantitative estimate of drug-likeness (QED) is 0.738. The summed E-state index contributed by atoms with van der Waals surface area (Å²) in [5.41, 5.74) is 1.84. The second-order valence-corrected chi connectivity index (χ2v) is 5.15.